The fourth-order valence-electron chi connectivity index (χ4n) is 2.21. The summed E-state index contributed by atoms with van der Waals surface area (Å²) in [4.78, 5) is 12.6. The first-order chi connectivity index (χ1) is 9.58. The lowest BCUT2D eigenvalue weighted by atomic mass is 9.95. The van der Waals surface area contributed by atoms with E-state index >= 15 is 0 Å². The number of anilines is 1. The first kappa shape index (κ1) is 14.1. The summed E-state index contributed by atoms with van der Waals surface area (Å²) in [5, 5.41) is 3.04. The molecule has 2 aromatic carbocycles. The van der Waals surface area contributed by atoms with Crippen LogP contribution in [0.25, 0.3) is 0 Å². The molecule has 0 saturated carbocycles. The minimum absolute atomic E-state index is 0.0379. The van der Waals surface area contributed by atoms with E-state index < -0.39 is 0 Å². The molecule has 0 aliphatic heterocycles. The van der Waals surface area contributed by atoms with E-state index in [0.29, 0.717) is 5.56 Å². The third-order valence-corrected chi connectivity index (χ3v) is 3.64. The maximum absolute atomic E-state index is 12.6. The van der Waals surface area contributed by atoms with Gasteiger partial charge in [-0.05, 0) is 61.4 Å². The van der Waals surface area contributed by atoms with Crippen LogP contribution in [0.3, 0.4) is 0 Å². The zero-order chi connectivity index (χ0) is 14.7. The second-order valence-corrected chi connectivity index (χ2v) is 4.72. The summed E-state index contributed by atoms with van der Waals surface area (Å²) in [5.41, 5.74) is 4.37. The van der Waals surface area contributed by atoms with E-state index in [0.717, 1.165) is 28.1 Å². The Labute approximate surface area is 119 Å². The zero-order valence-electron chi connectivity index (χ0n) is 12.3. The van der Waals surface area contributed by atoms with Gasteiger partial charge in [0.05, 0.1) is 7.11 Å². The van der Waals surface area contributed by atoms with Gasteiger partial charge >= 0.3 is 0 Å². The molecule has 0 saturated heterocycles. The van der Waals surface area contributed by atoms with Crippen LogP contribution in [-0.2, 0) is 0 Å². The second-order valence-electron chi connectivity index (χ2n) is 4.72. The van der Waals surface area contributed by atoms with E-state index in [1.165, 1.54) is 0 Å². The van der Waals surface area contributed by atoms with Crippen LogP contribution in [0, 0.1) is 13.8 Å². The highest BCUT2D eigenvalue weighted by molar-refractivity contribution is 6.10. The highest BCUT2D eigenvalue weighted by Gasteiger charge is 2.14. The van der Waals surface area contributed by atoms with E-state index in [1.54, 1.807) is 7.11 Å². The van der Waals surface area contributed by atoms with Gasteiger partial charge in [-0.3, -0.25) is 4.79 Å². The van der Waals surface area contributed by atoms with Crippen molar-refractivity contribution in [2.24, 2.45) is 0 Å². The molecule has 2 rings (SSSR count). The molecule has 0 fully saturated rings. The maximum atomic E-state index is 12.6. The Morgan fingerprint density at radius 3 is 2.20 bits per heavy atom. The molecule has 3 nitrogen and oxygen atoms in total. The van der Waals surface area contributed by atoms with Crippen molar-refractivity contribution in [3.8, 4) is 5.75 Å². The number of carbonyl (C=O) groups is 1. The molecular formula is C17H19NO2. The highest BCUT2D eigenvalue weighted by Crippen LogP contribution is 2.25. The van der Waals surface area contributed by atoms with Crippen molar-refractivity contribution < 1.29 is 9.53 Å². The first-order valence-corrected chi connectivity index (χ1v) is 6.55. The van der Waals surface area contributed by atoms with E-state index in [-0.39, 0.29) is 5.78 Å². The number of hydrogen-bond donors (Lipinski definition) is 1. The maximum Gasteiger partial charge on any atom is 0.193 e. The predicted molar refractivity (Wildman–Crippen MR) is 81.9 cm³/mol. The van der Waals surface area contributed by atoms with Crippen LogP contribution in [0.4, 0.5) is 5.69 Å². The fourth-order valence-corrected chi connectivity index (χ4v) is 2.21. The van der Waals surface area contributed by atoms with Crippen molar-refractivity contribution in [1.82, 2.24) is 0 Å². The van der Waals surface area contributed by atoms with Crippen molar-refractivity contribution in [2.75, 3.05) is 19.5 Å². The van der Waals surface area contributed by atoms with E-state index in [2.05, 4.69) is 5.32 Å². The van der Waals surface area contributed by atoms with Gasteiger partial charge in [0.15, 0.2) is 5.78 Å². The Kier molecular flexibility index (Phi) is 4.08. The molecule has 0 radical (unpaired) electrons. The summed E-state index contributed by atoms with van der Waals surface area (Å²) in [7, 11) is 3.49. The van der Waals surface area contributed by atoms with Gasteiger partial charge in [-0.1, -0.05) is 0 Å². The molecule has 0 heterocycles. The summed E-state index contributed by atoms with van der Waals surface area (Å²) in [6.07, 6.45) is 0. The second kappa shape index (κ2) is 5.78. The van der Waals surface area contributed by atoms with Gasteiger partial charge in [-0.25, -0.2) is 0 Å². The van der Waals surface area contributed by atoms with Crippen LogP contribution in [0.1, 0.15) is 27.0 Å². The predicted octanol–water partition coefficient (Wildman–Crippen LogP) is 3.58. The molecule has 0 atom stereocenters. The molecular weight excluding hydrogens is 250 g/mol. The number of hydrogen-bond acceptors (Lipinski definition) is 3. The van der Waals surface area contributed by atoms with Gasteiger partial charge in [0.1, 0.15) is 5.75 Å². The molecule has 3 heteroatoms. The lowest BCUT2D eigenvalue weighted by molar-refractivity contribution is 0.103. The van der Waals surface area contributed by atoms with Crippen molar-refractivity contribution >= 4 is 11.5 Å². The summed E-state index contributed by atoms with van der Waals surface area (Å²) >= 11 is 0. The number of methoxy groups -OCH3 is 1. The lowest BCUT2D eigenvalue weighted by Crippen LogP contribution is -2.06. The average Bonchev–Trinajstić information content (AvgIpc) is 2.49. The van der Waals surface area contributed by atoms with Crippen molar-refractivity contribution in [3.63, 3.8) is 0 Å². The third kappa shape index (κ3) is 2.52. The zero-order valence-corrected chi connectivity index (χ0v) is 12.3. The number of nitrogens with one attached hydrogen (secondary N) is 1. The minimum atomic E-state index is 0.0379. The van der Waals surface area contributed by atoms with E-state index in [9.17, 15) is 4.79 Å². The topological polar surface area (TPSA) is 38.3 Å². The number of ether oxygens (including phenoxy) is 1. The quantitative estimate of drug-likeness (QED) is 0.862. The molecule has 104 valence electrons. The smallest absolute Gasteiger partial charge is 0.193 e. The largest absolute Gasteiger partial charge is 0.496 e. The minimum Gasteiger partial charge on any atom is -0.496 e. The molecule has 0 unspecified atom stereocenters. The van der Waals surface area contributed by atoms with Gasteiger partial charge < -0.3 is 10.1 Å². The van der Waals surface area contributed by atoms with Crippen LogP contribution < -0.4 is 10.1 Å². The van der Waals surface area contributed by atoms with Crippen LogP contribution in [0.15, 0.2) is 36.4 Å². The Bertz CT molecular complexity index is 630. The normalized spacial score (nSPS) is 10.2. The van der Waals surface area contributed by atoms with Gasteiger partial charge in [0.2, 0.25) is 0 Å². The molecule has 0 aliphatic rings. The fraction of sp³-hybridized carbons (Fsp3) is 0.235. The molecule has 0 spiro atoms. The molecule has 0 aromatic heterocycles. The molecule has 2 aromatic rings. The summed E-state index contributed by atoms with van der Waals surface area (Å²) in [6, 6.07) is 11.2. The lowest BCUT2D eigenvalue weighted by Gasteiger charge is -2.12. The monoisotopic (exact) mass is 269 g/mol. The number of rotatable bonds is 4. The Hall–Kier alpha value is -2.29. The van der Waals surface area contributed by atoms with Crippen LogP contribution >= 0.6 is 0 Å². The molecule has 0 aliphatic carbocycles. The first-order valence-electron chi connectivity index (χ1n) is 6.55. The molecule has 1 N–H and O–H groups in total. The molecule has 20 heavy (non-hydrogen) atoms. The van der Waals surface area contributed by atoms with Gasteiger partial charge in [-0.15, -0.1) is 0 Å². The van der Waals surface area contributed by atoms with E-state index in [1.807, 2.05) is 57.3 Å². The summed E-state index contributed by atoms with van der Waals surface area (Å²) < 4.78 is 5.28. The summed E-state index contributed by atoms with van der Waals surface area (Å²) in [6.45, 7) is 3.92. The standard InChI is InChI=1S/C17H19NO2/c1-11-12(2)16(20-4)10-9-15(11)17(19)13-5-7-14(18-3)8-6-13/h5-10,18H,1-4H3. The van der Waals surface area contributed by atoms with Crippen molar-refractivity contribution in [1.29, 1.82) is 0 Å². The SMILES string of the molecule is CNc1ccc(C(=O)c2ccc(OC)c(C)c2C)cc1. The molecule has 0 amide bonds. The Balaban J connectivity index is 2.40. The van der Waals surface area contributed by atoms with Crippen molar-refractivity contribution in [2.45, 2.75) is 13.8 Å². The van der Waals surface area contributed by atoms with Crippen LogP contribution in [0.2, 0.25) is 0 Å². The van der Waals surface area contributed by atoms with Gasteiger partial charge in [-0.2, -0.15) is 0 Å². The van der Waals surface area contributed by atoms with Gasteiger partial charge in [0.25, 0.3) is 0 Å². The van der Waals surface area contributed by atoms with Crippen molar-refractivity contribution in [3.05, 3.63) is 58.7 Å². The van der Waals surface area contributed by atoms with E-state index in [4.69, 9.17) is 4.74 Å². The van der Waals surface area contributed by atoms with Gasteiger partial charge in [0, 0.05) is 23.9 Å². The number of benzene rings is 2. The summed E-state index contributed by atoms with van der Waals surface area (Å²) in [5.74, 6) is 0.848. The number of carbonyl (C=O) groups excluding carboxylic acids is 1. The van der Waals surface area contributed by atoms with Crippen LogP contribution in [-0.4, -0.2) is 19.9 Å². The third-order valence-electron chi connectivity index (χ3n) is 3.64. The average molecular weight is 269 g/mol. The Morgan fingerprint density at radius 1 is 1.00 bits per heavy atom. The Morgan fingerprint density at radius 2 is 1.65 bits per heavy atom. The number of ketones is 1. The van der Waals surface area contributed by atoms with Crippen LogP contribution in [0.5, 0.6) is 5.75 Å². The molecule has 0 bridgehead atoms. The highest BCUT2D eigenvalue weighted by atomic mass is 16.5.